The van der Waals surface area contributed by atoms with Crippen molar-refractivity contribution in [2.24, 2.45) is 0 Å². The molecule has 116 valence electrons. The second-order valence-corrected chi connectivity index (χ2v) is 6.78. The van der Waals surface area contributed by atoms with Crippen molar-refractivity contribution in [1.29, 1.82) is 0 Å². The zero-order valence-corrected chi connectivity index (χ0v) is 14.1. The van der Waals surface area contributed by atoms with Crippen LogP contribution < -0.4 is 5.32 Å². The van der Waals surface area contributed by atoms with E-state index in [1.807, 2.05) is 22.7 Å². The average molecular weight is 325 g/mol. The number of hydrogen-bond acceptors (Lipinski definition) is 5. The molecule has 3 nitrogen and oxygen atoms in total. The van der Waals surface area contributed by atoms with E-state index in [-0.39, 0.29) is 0 Å². The van der Waals surface area contributed by atoms with E-state index in [0.717, 1.165) is 26.0 Å². The molecule has 1 atom stereocenters. The maximum absolute atomic E-state index is 5.49. The third-order valence-electron chi connectivity index (χ3n) is 3.16. The Balaban J connectivity index is 1.72. The van der Waals surface area contributed by atoms with Gasteiger partial charge in [-0.05, 0) is 35.9 Å². The summed E-state index contributed by atoms with van der Waals surface area (Å²) in [5.74, 6) is 0. The summed E-state index contributed by atoms with van der Waals surface area (Å²) >= 11 is 3.65. The van der Waals surface area contributed by atoms with Crippen LogP contribution in [0.5, 0.6) is 0 Å². The number of hydrogen-bond donors (Lipinski definition) is 1. The van der Waals surface area contributed by atoms with Crippen LogP contribution in [0.25, 0.3) is 0 Å². The summed E-state index contributed by atoms with van der Waals surface area (Å²) in [5, 5.41) is 7.95. The number of nitrogens with one attached hydrogen (secondary N) is 1. The molecule has 2 aromatic rings. The highest BCUT2D eigenvalue weighted by atomic mass is 32.1. The Morgan fingerprint density at radius 1 is 1.10 bits per heavy atom. The van der Waals surface area contributed by atoms with E-state index in [0.29, 0.717) is 19.3 Å². The van der Waals surface area contributed by atoms with Gasteiger partial charge in [-0.15, -0.1) is 22.7 Å². The third kappa shape index (κ3) is 6.28. The lowest BCUT2D eigenvalue weighted by Gasteiger charge is -2.17. The van der Waals surface area contributed by atoms with Crippen molar-refractivity contribution in [2.45, 2.75) is 18.9 Å². The number of thiophene rings is 2. The molecule has 0 spiro atoms. The minimum absolute atomic E-state index is 0.405. The van der Waals surface area contributed by atoms with Crippen molar-refractivity contribution < 1.29 is 9.47 Å². The fourth-order valence-electron chi connectivity index (χ4n) is 2.09. The monoisotopic (exact) mass is 325 g/mol. The molecule has 0 saturated carbocycles. The standard InChI is InChI=1S/C16H23NO2S2/c1-18-9-10-19-8-4-7-17-15(16-6-3-12-21-16)13-14-5-2-11-20-14/h2-3,5-6,11-12,15,17H,4,7-10,13H2,1H3. The van der Waals surface area contributed by atoms with E-state index in [9.17, 15) is 0 Å². The summed E-state index contributed by atoms with van der Waals surface area (Å²) in [6.07, 6.45) is 2.08. The zero-order valence-electron chi connectivity index (χ0n) is 12.4. The molecule has 0 bridgehead atoms. The van der Waals surface area contributed by atoms with Crippen LogP contribution in [-0.4, -0.2) is 33.5 Å². The Bertz CT molecular complexity index is 457. The van der Waals surface area contributed by atoms with Gasteiger partial charge in [-0.1, -0.05) is 12.1 Å². The second kappa shape index (κ2) is 10.1. The molecule has 0 amide bonds. The van der Waals surface area contributed by atoms with E-state index in [1.165, 1.54) is 9.75 Å². The molecule has 0 fully saturated rings. The lowest BCUT2D eigenvalue weighted by atomic mass is 10.1. The van der Waals surface area contributed by atoms with E-state index in [1.54, 1.807) is 7.11 Å². The van der Waals surface area contributed by atoms with Crippen LogP contribution in [0.1, 0.15) is 22.2 Å². The minimum atomic E-state index is 0.405. The van der Waals surface area contributed by atoms with Crippen LogP contribution in [0, 0.1) is 0 Å². The van der Waals surface area contributed by atoms with E-state index >= 15 is 0 Å². The molecule has 0 aliphatic rings. The Morgan fingerprint density at radius 2 is 1.95 bits per heavy atom. The summed E-state index contributed by atoms with van der Waals surface area (Å²) in [7, 11) is 1.70. The summed E-state index contributed by atoms with van der Waals surface area (Å²) in [5.41, 5.74) is 0. The maximum Gasteiger partial charge on any atom is 0.0700 e. The molecule has 0 aliphatic heterocycles. The molecule has 0 saturated heterocycles. The lowest BCUT2D eigenvalue weighted by molar-refractivity contribution is 0.0692. The first-order valence-electron chi connectivity index (χ1n) is 7.26. The maximum atomic E-state index is 5.49. The van der Waals surface area contributed by atoms with Gasteiger partial charge in [0, 0.05) is 35.9 Å². The molecule has 1 unspecified atom stereocenters. The van der Waals surface area contributed by atoms with E-state index in [2.05, 4.69) is 40.3 Å². The number of ether oxygens (including phenoxy) is 2. The van der Waals surface area contributed by atoms with Crippen molar-refractivity contribution in [3.63, 3.8) is 0 Å². The summed E-state index contributed by atoms with van der Waals surface area (Å²) in [6.45, 7) is 3.11. The molecule has 2 aromatic heterocycles. The largest absolute Gasteiger partial charge is 0.382 e. The Kier molecular flexibility index (Phi) is 7.99. The van der Waals surface area contributed by atoms with Crippen molar-refractivity contribution in [2.75, 3.05) is 33.5 Å². The highest BCUT2D eigenvalue weighted by Crippen LogP contribution is 2.24. The summed E-state index contributed by atoms with van der Waals surface area (Å²) < 4.78 is 10.4. The van der Waals surface area contributed by atoms with Crippen LogP contribution in [0.2, 0.25) is 0 Å². The minimum Gasteiger partial charge on any atom is -0.382 e. The van der Waals surface area contributed by atoms with Crippen LogP contribution in [-0.2, 0) is 15.9 Å². The molecule has 21 heavy (non-hydrogen) atoms. The van der Waals surface area contributed by atoms with Gasteiger partial charge < -0.3 is 14.8 Å². The van der Waals surface area contributed by atoms with Gasteiger partial charge in [0.05, 0.1) is 13.2 Å². The van der Waals surface area contributed by atoms with E-state index in [4.69, 9.17) is 9.47 Å². The van der Waals surface area contributed by atoms with Crippen molar-refractivity contribution >= 4 is 22.7 Å². The Labute approximate surface area is 134 Å². The van der Waals surface area contributed by atoms with Gasteiger partial charge in [-0.2, -0.15) is 0 Å². The predicted octanol–water partition coefficient (Wildman–Crippen LogP) is 3.74. The molecule has 1 N–H and O–H groups in total. The highest BCUT2D eigenvalue weighted by molar-refractivity contribution is 7.10. The molecule has 2 rings (SSSR count). The van der Waals surface area contributed by atoms with Crippen LogP contribution in [0.3, 0.4) is 0 Å². The van der Waals surface area contributed by atoms with Gasteiger partial charge in [0.25, 0.3) is 0 Å². The Morgan fingerprint density at radius 3 is 2.67 bits per heavy atom. The van der Waals surface area contributed by atoms with Crippen molar-refractivity contribution in [1.82, 2.24) is 5.32 Å². The molecule has 0 aromatic carbocycles. The molecule has 5 heteroatoms. The molecular formula is C16H23NO2S2. The fourth-order valence-corrected chi connectivity index (χ4v) is 3.64. The van der Waals surface area contributed by atoms with Gasteiger partial charge in [0.1, 0.15) is 0 Å². The van der Waals surface area contributed by atoms with Gasteiger partial charge in [-0.3, -0.25) is 0 Å². The molecule has 0 aliphatic carbocycles. The average Bonchev–Trinajstić information content (AvgIpc) is 3.18. The zero-order chi connectivity index (χ0) is 14.8. The second-order valence-electron chi connectivity index (χ2n) is 4.76. The lowest BCUT2D eigenvalue weighted by Crippen LogP contribution is -2.24. The normalized spacial score (nSPS) is 12.6. The van der Waals surface area contributed by atoms with Crippen LogP contribution in [0.4, 0.5) is 0 Å². The summed E-state index contributed by atoms with van der Waals surface area (Å²) in [4.78, 5) is 2.83. The van der Waals surface area contributed by atoms with Gasteiger partial charge in [0.15, 0.2) is 0 Å². The smallest absolute Gasteiger partial charge is 0.0700 e. The summed E-state index contributed by atoms with van der Waals surface area (Å²) in [6, 6.07) is 9.07. The first kappa shape index (κ1) is 16.6. The van der Waals surface area contributed by atoms with E-state index < -0.39 is 0 Å². The molecular weight excluding hydrogens is 302 g/mol. The fraction of sp³-hybridized carbons (Fsp3) is 0.500. The highest BCUT2D eigenvalue weighted by Gasteiger charge is 2.13. The topological polar surface area (TPSA) is 30.5 Å². The first-order valence-corrected chi connectivity index (χ1v) is 9.02. The molecule has 2 heterocycles. The quantitative estimate of drug-likeness (QED) is 0.639. The number of methoxy groups -OCH3 is 1. The van der Waals surface area contributed by atoms with Crippen LogP contribution in [0.15, 0.2) is 35.0 Å². The first-order chi connectivity index (χ1) is 10.4. The van der Waals surface area contributed by atoms with Gasteiger partial charge in [0.2, 0.25) is 0 Å². The van der Waals surface area contributed by atoms with Gasteiger partial charge >= 0.3 is 0 Å². The Hall–Kier alpha value is -0.720. The van der Waals surface area contributed by atoms with Gasteiger partial charge in [-0.25, -0.2) is 0 Å². The van der Waals surface area contributed by atoms with Crippen molar-refractivity contribution in [3.8, 4) is 0 Å². The number of rotatable bonds is 11. The predicted molar refractivity (Wildman–Crippen MR) is 90.4 cm³/mol. The third-order valence-corrected chi connectivity index (χ3v) is 5.04. The molecule has 0 radical (unpaired) electrons. The van der Waals surface area contributed by atoms with Crippen molar-refractivity contribution in [3.05, 3.63) is 44.8 Å². The van der Waals surface area contributed by atoms with Crippen LogP contribution >= 0.6 is 22.7 Å². The SMILES string of the molecule is COCCOCCCNC(Cc1cccs1)c1cccs1.